The highest BCUT2D eigenvalue weighted by molar-refractivity contribution is 7.89. The van der Waals surface area contributed by atoms with E-state index in [2.05, 4.69) is 10.4 Å². The van der Waals surface area contributed by atoms with E-state index < -0.39 is 15.9 Å². The Bertz CT molecular complexity index is 1540. The SMILES string of the molecule is Cc1ccc(C)c(NC(=O)[C@@H]2CCCN(S(=O)(=O)c3c(C)nn(CC(=O)N4CCc5ccccc54)c3C)C2)c1. The van der Waals surface area contributed by atoms with Crippen LogP contribution in [0.2, 0.25) is 0 Å². The van der Waals surface area contributed by atoms with Crippen molar-refractivity contribution in [3.63, 3.8) is 0 Å². The van der Waals surface area contributed by atoms with Gasteiger partial charge in [-0.05, 0) is 75.8 Å². The molecule has 0 spiro atoms. The Balaban J connectivity index is 1.32. The Kier molecular flexibility index (Phi) is 7.35. The summed E-state index contributed by atoms with van der Waals surface area (Å²) in [4.78, 5) is 28.2. The molecule has 0 unspecified atom stereocenters. The molecule has 1 atom stereocenters. The zero-order valence-electron chi connectivity index (χ0n) is 22.9. The van der Waals surface area contributed by atoms with Crippen LogP contribution in [0.25, 0.3) is 0 Å². The summed E-state index contributed by atoms with van der Waals surface area (Å²) in [6.45, 7) is 8.23. The first-order valence-corrected chi connectivity index (χ1v) is 14.8. The van der Waals surface area contributed by atoms with Crippen LogP contribution in [-0.2, 0) is 32.6 Å². The van der Waals surface area contributed by atoms with E-state index >= 15 is 0 Å². The molecule has 9 nitrogen and oxygen atoms in total. The van der Waals surface area contributed by atoms with E-state index in [1.165, 1.54) is 8.99 Å². The van der Waals surface area contributed by atoms with Crippen molar-refractivity contribution in [2.45, 2.75) is 58.4 Å². The van der Waals surface area contributed by atoms with Crippen LogP contribution in [0, 0.1) is 33.6 Å². The van der Waals surface area contributed by atoms with E-state index in [0.29, 0.717) is 37.3 Å². The third kappa shape index (κ3) is 5.23. The fraction of sp³-hybridized carbons (Fsp3) is 0.414. The van der Waals surface area contributed by atoms with Gasteiger partial charge in [0.15, 0.2) is 0 Å². The maximum absolute atomic E-state index is 13.8. The van der Waals surface area contributed by atoms with Crippen LogP contribution >= 0.6 is 0 Å². The Morgan fingerprint density at radius 1 is 1.05 bits per heavy atom. The minimum absolute atomic E-state index is 0.0442. The maximum Gasteiger partial charge on any atom is 0.248 e. The molecule has 0 saturated carbocycles. The lowest BCUT2D eigenvalue weighted by molar-refractivity contribution is -0.121. The smallest absolute Gasteiger partial charge is 0.248 e. The van der Waals surface area contributed by atoms with Crippen molar-refractivity contribution in [2.75, 3.05) is 29.9 Å². The van der Waals surface area contributed by atoms with Gasteiger partial charge in [-0.15, -0.1) is 0 Å². The number of amides is 2. The molecule has 2 amide bonds. The maximum atomic E-state index is 13.8. The lowest BCUT2D eigenvalue weighted by atomic mass is 9.98. The van der Waals surface area contributed by atoms with E-state index in [1.54, 1.807) is 18.7 Å². The van der Waals surface area contributed by atoms with Crippen molar-refractivity contribution in [3.05, 3.63) is 70.5 Å². The molecule has 0 bridgehead atoms. The number of rotatable bonds is 6. The van der Waals surface area contributed by atoms with Crippen LogP contribution in [0.4, 0.5) is 11.4 Å². The number of piperidine rings is 1. The van der Waals surface area contributed by atoms with E-state index in [4.69, 9.17) is 0 Å². The number of nitrogens with zero attached hydrogens (tertiary/aromatic N) is 4. The Morgan fingerprint density at radius 3 is 2.62 bits per heavy atom. The zero-order chi connectivity index (χ0) is 27.9. The molecule has 0 aliphatic carbocycles. The summed E-state index contributed by atoms with van der Waals surface area (Å²) >= 11 is 0. The quantitative estimate of drug-likeness (QED) is 0.504. The molecule has 206 valence electrons. The molecule has 3 heterocycles. The molecular weight excluding hydrogens is 514 g/mol. The van der Waals surface area contributed by atoms with Gasteiger partial charge in [0.1, 0.15) is 11.4 Å². The second-order valence-corrected chi connectivity index (χ2v) is 12.5. The number of carbonyl (C=O) groups excluding carboxylic acids is 2. The molecule has 2 aliphatic rings. The van der Waals surface area contributed by atoms with E-state index in [9.17, 15) is 18.0 Å². The highest BCUT2D eigenvalue weighted by atomic mass is 32.2. The topological polar surface area (TPSA) is 105 Å². The van der Waals surface area contributed by atoms with Gasteiger partial charge >= 0.3 is 0 Å². The summed E-state index contributed by atoms with van der Waals surface area (Å²) in [5, 5.41) is 7.45. The normalized spacial score (nSPS) is 17.7. The molecular formula is C29H35N5O4S. The molecule has 10 heteroatoms. The van der Waals surface area contributed by atoms with Crippen LogP contribution in [0.15, 0.2) is 47.4 Å². The van der Waals surface area contributed by atoms with Gasteiger partial charge in [0.05, 0.1) is 17.3 Å². The standard InChI is InChI=1S/C29H35N5O4S/c1-19-11-12-20(2)25(16-19)30-29(36)24-9-7-14-32(17-24)39(37,38)28-21(3)31-34(22(28)4)18-27(35)33-15-13-23-8-5-6-10-26(23)33/h5-6,8,10-12,16,24H,7,9,13-15,17-18H2,1-4H3,(H,30,36)/t24-/m1/s1. The third-order valence-electron chi connectivity index (χ3n) is 7.79. The van der Waals surface area contributed by atoms with Gasteiger partial charge < -0.3 is 10.2 Å². The van der Waals surface area contributed by atoms with Crippen molar-refractivity contribution in [3.8, 4) is 0 Å². The lowest BCUT2D eigenvalue weighted by Crippen LogP contribution is -2.44. The second kappa shape index (κ2) is 10.6. The first-order valence-electron chi connectivity index (χ1n) is 13.4. The van der Waals surface area contributed by atoms with Crippen LogP contribution in [0.5, 0.6) is 0 Å². The minimum Gasteiger partial charge on any atom is -0.326 e. The number of nitrogens with one attached hydrogen (secondary N) is 1. The van der Waals surface area contributed by atoms with Crippen molar-refractivity contribution < 1.29 is 18.0 Å². The van der Waals surface area contributed by atoms with Crippen molar-refractivity contribution in [1.82, 2.24) is 14.1 Å². The predicted octanol–water partition coefficient (Wildman–Crippen LogP) is 3.75. The highest BCUT2D eigenvalue weighted by Crippen LogP contribution is 2.30. The number of hydrogen-bond acceptors (Lipinski definition) is 5. The van der Waals surface area contributed by atoms with Crippen molar-refractivity contribution in [2.24, 2.45) is 5.92 Å². The van der Waals surface area contributed by atoms with Crippen molar-refractivity contribution in [1.29, 1.82) is 0 Å². The summed E-state index contributed by atoms with van der Waals surface area (Å²) in [6.07, 6.45) is 2.00. The van der Waals surface area contributed by atoms with Gasteiger partial charge in [0, 0.05) is 31.0 Å². The molecule has 2 aromatic carbocycles. The average Bonchev–Trinajstić information content (AvgIpc) is 3.46. The van der Waals surface area contributed by atoms with Crippen LogP contribution in [-0.4, -0.2) is 54.0 Å². The number of aromatic nitrogens is 2. The number of hydrogen-bond donors (Lipinski definition) is 1. The number of aryl methyl sites for hydroxylation is 3. The Hall–Kier alpha value is -3.50. The monoisotopic (exact) mass is 549 g/mol. The van der Waals surface area contributed by atoms with Crippen LogP contribution < -0.4 is 10.2 Å². The van der Waals surface area contributed by atoms with E-state index in [1.807, 2.05) is 56.3 Å². The van der Waals surface area contributed by atoms with Crippen molar-refractivity contribution >= 4 is 33.2 Å². The second-order valence-electron chi connectivity index (χ2n) is 10.6. The van der Waals surface area contributed by atoms with Gasteiger partial charge in [0.25, 0.3) is 0 Å². The first-order chi connectivity index (χ1) is 18.6. The number of anilines is 2. The van der Waals surface area contributed by atoms with Crippen LogP contribution in [0.3, 0.4) is 0 Å². The number of sulfonamides is 1. The Labute approximate surface area is 229 Å². The molecule has 1 aromatic heterocycles. The third-order valence-corrected chi connectivity index (χ3v) is 9.91. The summed E-state index contributed by atoms with van der Waals surface area (Å²) in [6, 6.07) is 13.7. The fourth-order valence-electron chi connectivity index (χ4n) is 5.63. The van der Waals surface area contributed by atoms with Gasteiger partial charge in [-0.25, -0.2) is 8.42 Å². The van der Waals surface area contributed by atoms with Gasteiger partial charge in [-0.3, -0.25) is 14.3 Å². The first kappa shape index (κ1) is 27.1. The molecule has 2 aliphatic heterocycles. The lowest BCUT2D eigenvalue weighted by Gasteiger charge is -2.31. The average molecular weight is 550 g/mol. The Morgan fingerprint density at radius 2 is 1.82 bits per heavy atom. The van der Waals surface area contributed by atoms with Gasteiger partial charge in [-0.1, -0.05) is 30.3 Å². The largest absolute Gasteiger partial charge is 0.326 e. The summed E-state index contributed by atoms with van der Waals surface area (Å²) in [5.41, 5.74) is 5.55. The molecule has 0 radical (unpaired) electrons. The molecule has 3 aromatic rings. The summed E-state index contributed by atoms with van der Waals surface area (Å²) in [5.74, 6) is -0.763. The molecule has 5 rings (SSSR count). The zero-order valence-corrected chi connectivity index (χ0v) is 23.7. The van der Waals surface area contributed by atoms with Crippen LogP contribution in [0.1, 0.15) is 40.9 Å². The minimum atomic E-state index is -3.92. The summed E-state index contributed by atoms with van der Waals surface area (Å²) in [7, 11) is -3.92. The van der Waals surface area contributed by atoms with Gasteiger partial charge in [-0.2, -0.15) is 9.40 Å². The summed E-state index contributed by atoms with van der Waals surface area (Å²) < 4.78 is 30.5. The number of benzene rings is 2. The number of carbonyl (C=O) groups is 2. The molecule has 39 heavy (non-hydrogen) atoms. The van der Waals surface area contributed by atoms with Gasteiger partial charge in [0.2, 0.25) is 21.8 Å². The van der Waals surface area contributed by atoms with E-state index in [-0.39, 0.29) is 29.8 Å². The number of fused-ring (bicyclic) bond motifs is 1. The highest BCUT2D eigenvalue weighted by Gasteiger charge is 2.37. The fourth-order valence-corrected chi connectivity index (χ4v) is 7.52. The molecule has 1 fully saturated rings. The molecule has 1 saturated heterocycles. The predicted molar refractivity (Wildman–Crippen MR) is 150 cm³/mol. The molecule has 1 N–H and O–H groups in total. The number of para-hydroxylation sites is 1. The van der Waals surface area contributed by atoms with E-state index in [0.717, 1.165) is 34.5 Å².